The predicted octanol–water partition coefficient (Wildman–Crippen LogP) is 5.63. The molecule has 1 heterocycles. The minimum atomic E-state index is -4.03. The Morgan fingerprint density at radius 1 is 0.907 bits per heavy atom. The summed E-state index contributed by atoms with van der Waals surface area (Å²) in [4.78, 5) is 34.3. The second kappa shape index (κ2) is 13.8. The molecule has 12 nitrogen and oxygen atoms in total. The fraction of sp³-hybridized carbons (Fsp3) is 0.0741. The van der Waals surface area contributed by atoms with Crippen molar-refractivity contribution in [3.63, 3.8) is 0 Å². The van der Waals surface area contributed by atoms with Crippen molar-refractivity contribution in [3.8, 4) is 0 Å². The number of amides is 2. The van der Waals surface area contributed by atoms with E-state index in [9.17, 15) is 28.1 Å². The van der Waals surface area contributed by atoms with E-state index in [1.165, 1.54) is 65.0 Å². The molecule has 0 aliphatic heterocycles. The highest BCUT2D eigenvalue weighted by Crippen LogP contribution is 2.27. The van der Waals surface area contributed by atoms with Crippen LogP contribution in [-0.4, -0.2) is 35.7 Å². The zero-order chi connectivity index (χ0) is 31.1. The Morgan fingerprint density at radius 3 is 2.26 bits per heavy atom. The highest BCUT2D eigenvalue weighted by atomic mass is 35.5. The summed E-state index contributed by atoms with van der Waals surface area (Å²) in [5, 5.41) is 17.7. The van der Waals surface area contributed by atoms with E-state index in [1.54, 1.807) is 18.2 Å². The lowest BCUT2D eigenvalue weighted by Gasteiger charge is -2.22. The number of hydrogen-bond acceptors (Lipinski definition) is 8. The zero-order valence-corrected chi connectivity index (χ0v) is 24.8. The molecule has 0 unspecified atom stereocenters. The highest BCUT2D eigenvalue weighted by Gasteiger charge is 2.26. The summed E-state index contributed by atoms with van der Waals surface area (Å²) in [5.74, 6) is -1.76. The Labute approximate surface area is 260 Å². The second-order valence-corrected chi connectivity index (χ2v) is 11.9. The smallest absolute Gasteiger partial charge is 0.329 e. The molecule has 4 aromatic rings. The van der Waals surface area contributed by atoms with Crippen LogP contribution >= 0.6 is 34.8 Å². The highest BCUT2D eigenvalue weighted by molar-refractivity contribution is 7.89. The summed E-state index contributed by atoms with van der Waals surface area (Å²) in [5.41, 5.74) is 2.61. The minimum Gasteiger partial charge on any atom is -0.459 e. The molecule has 0 saturated carbocycles. The van der Waals surface area contributed by atoms with Crippen LogP contribution in [0, 0.1) is 10.1 Å². The maximum Gasteiger partial charge on any atom is 0.329 e. The van der Waals surface area contributed by atoms with Gasteiger partial charge in [-0.05, 0) is 66.2 Å². The van der Waals surface area contributed by atoms with Gasteiger partial charge in [-0.25, -0.2) is 13.8 Å². The van der Waals surface area contributed by atoms with Crippen LogP contribution in [-0.2, 0) is 32.7 Å². The number of halogens is 3. The molecule has 222 valence electrons. The first-order valence-corrected chi connectivity index (χ1v) is 14.7. The van der Waals surface area contributed by atoms with Crippen molar-refractivity contribution in [2.24, 2.45) is 5.10 Å². The molecule has 2 N–H and O–H groups in total. The largest absolute Gasteiger partial charge is 0.459 e. The van der Waals surface area contributed by atoms with Crippen LogP contribution in [0.3, 0.4) is 0 Å². The molecule has 0 aliphatic carbocycles. The molecule has 2 amide bonds. The van der Waals surface area contributed by atoms with Crippen molar-refractivity contribution in [2.75, 3.05) is 5.32 Å². The third-order valence-corrected chi connectivity index (χ3v) is 8.51. The van der Waals surface area contributed by atoms with Gasteiger partial charge in [0.2, 0.25) is 10.0 Å². The SMILES string of the molecule is O=C(N/N=C/c1ccc(CN(Cc2ccc(Cl)c(Cl)c2)S(=O)(=O)c2ccc(Cl)cc2)o1)C(=O)Nc1ccc([N+](=O)[O-])cc1. The number of benzene rings is 3. The van der Waals surface area contributed by atoms with E-state index in [0.717, 1.165) is 6.21 Å². The van der Waals surface area contributed by atoms with Crippen molar-refractivity contribution in [1.29, 1.82) is 0 Å². The topological polar surface area (TPSA) is 164 Å². The maximum absolute atomic E-state index is 13.5. The molecule has 0 spiro atoms. The molecular weight excluding hydrogens is 645 g/mol. The van der Waals surface area contributed by atoms with Gasteiger partial charge in [0, 0.05) is 29.4 Å². The lowest BCUT2D eigenvalue weighted by atomic mass is 10.2. The van der Waals surface area contributed by atoms with Gasteiger partial charge >= 0.3 is 11.8 Å². The average Bonchev–Trinajstić information content (AvgIpc) is 3.42. The lowest BCUT2D eigenvalue weighted by molar-refractivity contribution is -0.384. The Balaban J connectivity index is 1.43. The predicted molar refractivity (Wildman–Crippen MR) is 161 cm³/mol. The van der Waals surface area contributed by atoms with Crippen molar-refractivity contribution < 1.29 is 27.3 Å². The first kappa shape index (κ1) is 31.7. The van der Waals surface area contributed by atoms with E-state index >= 15 is 0 Å². The molecule has 43 heavy (non-hydrogen) atoms. The Hall–Kier alpha value is -4.27. The number of sulfonamides is 1. The second-order valence-electron chi connectivity index (χ2n) is 8.74. The number of nitrogens with zero attached hydrogens (tertiary/aromatic N) is 3. The van der Waals surface area contributed by atoms with E-state index in [4.69, 9.17) is 39.2 Å². The van der Waals surface area contributed by atoms with E-state index in [2.05, 4.69) is 10.4 Å². The molecule has 3 aromatic carbocycles. The van der Waals surface area contributed by atoms with E-state index < -0.39 is 26.8 Å². The summed E-state index contributed by atoms with van der Waals surface area (Å²) >= 11 is 18.1. The quantitative estimate of drug-likeness (QED) is 0.0960. The number of nitrogens with one attached hydrogen (secondary N) is 2. The standard InChI is InChI=1S/C27H20Cl3N5O7S/c28-18-2-10-23(11-3-18)43(40,41)34(15-17-1-12-24(29)25(30)13-17)16-22-9-8-21(42-22)14-31-33-27(37)26(36)32-19-4-6-20(7-5-19)35(38)39/h1-14H,15-16H2,(H,32,36)(H,33,37)/b31-14+. The number of nitro benzene ring substituents is 1. The van der Waals surface area contributed by atoms with E-state index in [0.29, 0.717) is 15.6 Å². The molecule has 0 radical (unpaired) electrons. The van der Waals surface area contributed by atoms with Gasteiger partial charge in [0.1, 0.15) is 11.5 Å². The molecule has 1 aromatic heterocycles. The van der Waals surface area contributed by atoms with E-state index in [1.807, 2.05) is 5.43 Å². The van der Waals surface area contributed by atoms with Gasteiger partial charge in [0.15, 0.2) is 0 Å². The molecule has 0 aliphatic rings. The van der Waals surface area contributed by atoms with Gasteiger partial charge in [-0.1, -0.05) is 40.9 Å². The normalized spacial score (nSPS) is 11.5. The van der Waals surface area contributed by atoms with Crippen LogP contribution in [0.25, 0.3) is 0 Å². The molecular formula is C27H20Cl3N5O7S. The number of non-ortho nitro benzene ring substituents is 1. The number of rotatable bonds is 10. The number of nitro groups is 1. The van der Waals surface area contributed by atoms with Crippen LogP contribution in [0.15, 0.2) is 93.3 Å². The third-order valence-electron chi connectivity index (χ3n) is 5.71. The lowest BCUT2D eigenvalue weighted by Crippen LogP contribution is -2.32. The fourth-order valence-corrected chi connectivity index (χ4v) is 5.45. The minimum absolute atomic E-state index is 0.0139. The number of carbonyl (C=O) groups is 2. The molecule has 0 saturated heterocycles. The summed E-state index contributed by atoms with van der Waals surface area (Å²) in [6, 6.07) is 18.4. The monoisotopic (exact) mass is 663 g/mol. The zero-order valence-electron chi connectivity index (χ0n) is 21.7. The van der Waals surface area contributed by atoms with Crippen LogP contribution in [0.5, 0.6) is 0 Å². The first-order valence-electron chi connectivity index (χ1n) is 12.1. The number of hydrogen-bond donors (Lipinski definition) is 2. The van der Waals surface area contributed by atoms with Crippen molar-refractivity contribution in [2.45, 2.75) is 18.0 Å². The molecule has 4 rings (SSSR count). The number of hydrazone groups is 1. The summed E-state index contributed by atoms with van der Waals surface area (Å²) in [6.45, 7) is -0.241. The van der Waals surface area contributed by atoms with Crippen molar-refractivity contribution >= 4 is 74.2 Å². The molecule has 16 heteroatoms. The van der Waals surface area contributed by atoms with Crippen LogP contribution in [0.4, 0.5) is 11.4 Å². The third kappa shape index (κ3) is 8.40. The van der Waals surface area contributed by atoms with E-state index in [-0.39, 0.29) is 45.9 Å². The van der Waals surface area contributed by atoms with Gasteiger partial charge < -0.3 is 9.73 Å². The van der Waals surface area contributed by atoms with Crippen molar-refractivity contribution in [3.05, 3.63) is 121 Å². The Bertz CT molecular complexity index is 1790. The number of carbonyl (C=O) groups excluding carboxylic acids is 2. The van der Waals surface area contributed by atoms with Crippen molar-refractivity contribution in [1.82, 2.24) is 9.73 Å². The van der Waals surface area contributed by atoms with Crippen LogP contribution in [0.1, 0.15) is 17.1 Å². The Morgan fingerprint density at radius 2 is 1.60 bits per heavy atom. The summed E-state index contributed by atoms with van der Waals surface area (Å²) in [6.07, 6.45) is 1.12. The molecule has 0 atom stereocenters. The molecule has 0 fully saturated rings. The fourth-order valence-electron chi connectivity index (χ4n) is 3.61. The Kier molecular flexibility index (Phi) is 10.2. The molecule has 0 bridgehead atoms. The summed E-state index contributed by atoms with van der Waals surface area (Å²) in [7, 11) is -4.03. The summed E-state index contributed by atoms with van der Waals surface area (Å²) < 4.78 is 33.9. The maximum atomic E-state index is 13.5. The van der Waals surface area contributed by atoms with Gasteiger partial charge in [-0.2, -0.15) is 9.41 Å². The van der Waals surface area contributed by atoms with Gasteiger partial charge in [0.05, 0.1) is 32.6 Å². The average molecular weight is 665 g/mol. The van der Waals surface area contributed by atoms with Crippen LogP contribution < -0.4 is 10.7 Å². The van der Waals surface area contributed by atoms with Gasteiger partial charge in [-0.15, -0.1) is 0 Å². The van der Waals surface area contributed by atoms with Gasteiger partial charge in [-0.3, -0.25) is 19.7 Å². The first-order chi connectivity index (χ1) is 20.4. The van der Waals surface area contributed by atoms with Crippen LogP contribution in [0.2, 0.25) is 15.1 Å². The number of furan rings is 1. The number of anilines is 1. The van der Waals surface area contributed by atoms with Gasteiger partial charge in [0.25, 0.3) is 5.69 Å².